The maximum Gasteiger partial charge on any atom is 0.0357 e. The average Bonchev–Trinajstić information content (AvgIpc) is 2.11. The summed E-state index contributed by atoms with van der Waals surface area (Å²) in [6, 6.07) is 6.33. The molecule has 0 amide bonds. The number of rotatable bonds is 2. The SMILES string of the molecule is C/C=C(/C(C)=N)c1ccc(C)c(C)c1. The van der Waals surface area contributed by atoms with Crippen molar-refractivity contribution in [3.05, 3.63) is 41.0 Å². The highest BCUT2D eigenvalue weighted by Crippen LogP contribution is 2.18. The van der Waals surface area contributed by atoms with Gasteiger partial charge in [0.2, 0.25) is 0 Å². The fraction of sp³-hybridized carbons (Fsp3) is 0.308. The van der Waals surface area contributed by atoms with Crippen LogP contribution in [0.5, 0.6) is 0 Å². The monoisotopic (exact) mass is 187 g/mol. The third-order valence-electron chi connectivity index (χ3n) is 2.51. The van der Waals surface area contributed by atoms with Gasteiger partial charge in [0, 0.05) is 5.71 Å². The Bertz CT molecular complexity index is 386. The molecule has 0 atom stereocenters. The smallest absolute Gasteiger partial charge is 0.0357 e. The van der Waals surface area contributed by atoms with Gasteiger partial charge in [-0.2, -0.15) is 0 Å². The number of hydrogen-bond acceptors (Lipinski definition) is 1. The minimum absolute atomic E-state index is 0.621. The molecule has 1 N–H and O–H groups in total. The Morgan fingerprint density at radius 2 is 1.86 bits per heavy atom. The van der Waals surface area contributed by atoms with Gasteiger partial charge in [-0.05, 0) is 50.0 Å². The Hall–Kier alpha value is -1.37. The number of nitrogens with one attached hydrogen (secondary N) is 1. The Morgan fingerprint density at radius 3 is 2.29 bits per heavy atom. The van der Waals surface area contributed by atoms with Gasteiger partial charge < -0.3 is 5.41 Å². The summed E-state index contributed by atoms with van der Waals surface area (Å²) in [5, 5.41) is 7.64. The maximum atomic E-state index is 7.64. The first kappa shape index (κ1) is 10.7. The van der Waals surface area contributed by atoms with Crippen molar-refractivity contribution in [1.82, 2.24) is 0 Å². The van der Waals surface area contributed by atoms with Gasteiger partial charge in [0.15, 0.2) is 0 Å². The molecule has 0 aliphatic heterocycles. The van der Waals surface area contributed by atoms with E-state index in [0.717, 1.165) is 11.1 Å². The van der Waals surface area contributed by atoms with E-state index < -0.39 is 0 Å². The molecule has 14 heavy (non-hydrogen) atoms. The van der Waals surface area contributed by atoms with Crippen LogP contribution in [0.25, 0.3) is 5.57 Å². The lowest BCUT2D eigenvalue weighted by Crippen LogP contribution is -1.95. The van der Waals surface area contributed by atoms with Crippen LogP contribution in [0.3, 0.4) is 0 Å². The van der Waals surface area contributed by atoms with E-state index in [0.29, 0.717) is 5.71 Å². The first-order valence-electron chi connectivity index (χ1n) is 4.85. The summed E-state index contributed by atoms with van der Waals surface area (Å²) in [4.78, 5) is 0. The summed E-state index contributed by atoms with van der Waals surface area (Å²) in [6.45, 7) is 8.00. The Labute approximate surface area is 86.0 Å². The van der Waals surface area contributed by atoms with Crippen molar-refractivity contribution >= 4 is 11.3 Å². The molecule has 0 heterocycles. The van der Waals surface area contributed by atoms with Crippen LogP contribution in [-0.2, 0) is 0 Å². The fourth-order valence-corrected chi connectivity index (χ4v) is 1.51. The molecule has 0 unspecified atom stereocenters. The molecule has 0 spiro atoms. The zero-order valence-electron chi connectivity index (χ0n) is 9.31. The minimum Gasteiger partial charge on any atom is -0.305 e. The summed E-state index contributed by atoms with van der Waals surface area (Å²) in [7, 11) is 0. The maximum absolute atomic E-state index is 7.64. The second kappa shape index (κ2) is 4.23. The Morgan fingerprint density at radius 1 is 1.21 bits per heavy atom. The molecule has 0 fully saturated rings. The molecule has 0 aromatic heterocycles. The molecule has 1 rings (SSSR count). The quantitative estimate of drug-likeness (QED) is 0.682. The van der Waals surface area contributed by atoms with E-state index in [4.69, 9.17) is 5.41 Å². The highest BCUT2D eigenvalue weighted by atomic mass is 14.4. The van der Waals surface area contributed by atoms with Gasteiger partial charge in [-0.15, -0.1) is 0 Å². The molecule has 0 aliphatic carbocycles. The Kier molecular flexibility index (Phi) is 3.23. The molecule has 1 aromatic rings. The minimum atomic E-state index is 0.621. The predicted molar refractivity (Wildman–Crippen MR) is 63.0 cm³/mol. The molecule has 0 saturated heterocycles. The van der Waals surface area contributed by atoms with Gasteiger partial charge in [-0.3, -0.25) is 0 Å². The van der Waals surface area contributed by atoms with Gasteiger partial charge in [-0.1, -0.05) is 24.3 Å². The molecule has 0 aliphatic rings. The van der Waals surface area contributed by atoms with E-state index in [1.807, 2.05) is 19.9 Å². The van der Waals surface area contributed by atoms with Crippen LogP contribution in [0, 0.1) is 19.3 Å². The third kappa shape index (κ3) is 2.11. The molecule has 0 bridgehead atoms. The van der Waals surface area contributed by atoms with Crippen LogP contribution in [0.4, 0.5) is 0 Å². The second-order valence-electron chi connectivity index (χ2n) is 3.63. The van der Waals surface area contributed by atoms with E-state index in [1.54, 1.807) is 0 Å². The van der Waals surface area contributed by atoms with E-state index in [2.05, 4.69) is 32.0 Å². The van der Waals surface area contributed by atoms with E-state index in [1.165, 1.54) is 11.1 Å². The van der Waals surface area contributed by atoms with Crippen LogP contribution in [0.1, 0.15) is 30.5 Å². The Balaban J connectivity index is 3.20. The third-order valence-corrected chi connectivity index (χ3v) is 2.51. The molecular formula is C13H17N. The van der Waals surface area contributed by atoms with Gasteiger partial charge in [0.25, 0.3) is 0 Å². The molecule has 1 heteroatoms. The molecular weight excluding hydrogens is 170 g/mol. The van der Waals surface area contributed by atoms with E-state index in [-0.39, 0.29) is 0 Å². The number of hydrogen-bond donors (Lipinski definition) is 1. The van der Waals surface area contributed by atoms with Crippen LogP contribution < -0.4 is 0 Å². The van der Waals surface area contributed by atoms with Crippen molar-refractivity contribution in [2.75, 3.05) is 0 Å². The van der Waals surface area contributed by atoms with Crippen LogP contribution in [0.2, 0.25) is 0 Å². The number of aryl methyl sites for hydroxylation is 2. The van der Waals surface area contributed by atoms with Gasteiger partial charge in [0.05, 0.1) is 0 Å². The lowest BCUT2D eigenvalue weighted by Gasteiger charge is -2.08. The molecule has 0 saturated carbocycles. The summed E-state index contributed by atoms with van der Waals surface area (Å²) in [6.07, 6.45) is 1.99. The first-order chi connectivity index (χ1) is 6.56. The molecule has 0 radical (unpaired) electrons. The largest absolute Gasteiger partial charge is 0.305 e. The van der Waals surface area contributed by atoms with Crippen LogP contribution >= 0.6 is 0 Å². The van der Waals surface area contributed by atoms with Crippen molar-refractivity contribution in [1.29, 1.82) is 5.41 Å². The second-order valence-corrected chi connectivity index (χ2v) is 3.63. The van der Waals surface area contributed by atoms with Crippen LogP contribution in [-0.4, -0.2) is 5.71 Å². The number of allylic oxidation sites excluding steroid dienone is 2. The number of benzene rings is 1. The van der Waals surface area contributed by atoms with Crippen molar-refractivity contribution in [3.63, 3.8) is 0 Å². The summed E-state index contributed by atoms with van der Waals surface area (Å²) >= 11 is 0. The van der Waals surface area contributed by atoms with Gasteiger partial charge in [-0.25, -0.2) is 0 Å². The fourth-order valence-electron chi connectivity index (χ4n) is 1.51. The topological polar surface area (TPSA) is 23.9 Å². The normalized spacial score (nSPS) is 11.6. The lowest BCUT2D eigenvalue weighted by atomic mass is 9.98. The predicted octanol–water partition coefficient (Wildman–Crippen LogP) is 3.75. The first-order valence-corrected chi connectivity index (χ1v) is 4.85. The van der Waals surface area contributed by atoms with Crippen molar-refractivity contribution < 1.29 is 0 Å². The zero-order chi connectivity index (χ0) is 10.7. The van der Waals surface area contributed by atoms with Crippen LogP contribution in [0.15, 0.2) is 24.3 Å². The highest BCUT2D eigenvalue weighted by Gasteiger charge is 2.03. The zero-order valence-corrected chi connectivity index (χ0v) is 9.31. The van der Waals surface area contributed by atoms with E-state index in [9.17, 15) is 0 Å². The van der Waals surface area contributed by atoms with E-state index >= 15 is 0 Å². The molecule has 1 aromatic carbocycles. The summed E-state index contributed by atoms with van der Waals surface area (Å²) < 4.78 is 0. The molecule has 74 valence electrons. The summed E-state index contributed by atoms with van der Waals surface area (Å²) in [5.74, 6) is 0. The van der Waals surface area contributed by atoms with Crippen molar-refractivity contribution in [2.45, 2.75) is 27.7 Å². The lowest BCUT2D eigenvalue weighted by molar-refractivity contribution is 1.33. The standard InChI is InChI=1S/C13H17N/c1-5-13(11(4)14)12-7-6-9(2)10(3)8-12/h5-8,14H,1-4H3/b13-5-,14-11?. The van der Waals surface area contributed by atoms with Crippen molar-refractivity contribution in [2.24, 2.45) is 0 Å². The van der Waals surface area contributed by atoms with Gasteiger partial charge >= 0.3 is 0 Å². The average molecular weight is 187 g/mol. The van der Waals surface area contributed by atoms with Gasteiger partial charge in [0.1, 0.15) is 0 Å². The molecule has 1 nitrogen and oxygen atoms in total. The van der Waals surface area contributed by atoms with Crippen molar-refractivity contribution in [3.8, 4) is 0 Å². The summed E-state index contributed by atoms with van der Waals surface area (Å²) in [5.41, 5.74) is 5.36. The highest BCUT2D eigenvalue weighted by molar-refractivity contribution is 6.21.